The smallest absolute Gasteiger partial charge is 0.311 e. The third kappa shape index (κ3) is 4.25. The maximum atomic E-state index is 11.5. The summed E-state index contributed by atoms with van der Waals surface area (Å²) in [5.74, 6) is -0.650. The lowest BCUT2D eigenvalue weighted by molar-refractivity contribution is -0.304. The third-order valence-electron chi connectivity index (χ3n) is 3.40. The van der Waals surface area contributed by atoms with Crippen molar-refractivity contribution >= 4 is 5.97 Å². The van der Waals surface area contributed by atoms with Crippen LogP contribution in [0.15, 0.2) is 0 Å². The van der Waals surface area contributed by atoms with E-state index in [1.807, 2.05) is 6.92 Å². The van der Waals surface area contributed by atoms with Crippen LogP contribution in [0.3, 0.4) is 0 Å². The van der Waals surface area contributed by atoms with Gasteiger partial charge in [0, 0.05) is 5.92 Å². The van der Waals surface area contributed by atoms with Gasteiger partial charge in [-0.3, -0.25) is 4.79 Å². The molecule has 1 fully saturated rings. The van der Waals surface area contributed by atoms with Crippen LogP contribution in [0, 0.1) is 5.92 Å². The molecule has 0 radical (unpaired) electrons. The molecule has 4 heteroatoms. The molecule has 1 aliphatic rings. The van der Waals surface area contributed by atoms with Gasteiger partial charge in [0.25, 0.3) is 0 Å². The van der Waals surface area contributed by atoms with Crippen LogP contribution in [-0.4, -0.2) is 31.1 Å². The van der Waals surface area contributed by atoms with Crippen molar-refractivity contribution in [2.24, 2.45) is 5.92 Å². The second kappa shape index (κ2) is 7.10. The number of rotatable bonds is 6. The largest absolute Gasteiger partial charge is 0.466 e. The van der Waals surface area contributed by atoms with Crippen LogP contribution in [0.2, 0.25) is 0 Å². The summed E-state index contributed by atoms with van der Waals surface area (Å²) in [4.78, 5) is 11.5. The summed E-state index contributed by atoms with van der Waals surface area (Å²) in [6, 6.07) is 0. The molecule has 1 aliphatic heterocycles. The van der Waals surface area contributed by atoms with Crippen molar-refractivity contribution in [1.82, 2.24) is 0 Å². The van der Waals surface area contributed by atoms with Crippen molar-refractivity contribution in [1.29, 1.82) is 0 Å². The lowest BCUT2D eigenvalue weighted by Gasteiger charge is -2.42. The molecule has 0 aliphatic carbocycles. The highest BCUT2D eigenvalue weighted by Gasteiger charge is 2.40. The molecule has 3 unspecified atom stereocenters. The first-order valence-electron chi connectivity index (χ1n) is 7.02. The van der Waals surface area contributed by atoms with Crippen molar-refractivity contribution in [2.75, 3.05) is 13.2 Å². The molecule has 0 bridgehead atoms. The van der Waals surface area contributed by atoms with Gasteiger partial charge in [0.1, 0.15) is 0 Å². The molecule has 1 saturated heterocycles. The normalized spacial score (nSPS) is 32.2. The fourth-order valence-electron chi connectivity index (χ4n) is 2.37. The van der Waals surface area contributed by atoms with E-state index < -0.39 is 5.79 Å². The second-order valence-electron chi connectivity index (χ2n) is 5.04. The van der Waals surface area contributed by atoms with E-state index in [1.165, 1.54) is 0 Å². The Labute approximate surface area is 110 Å². The van der Waals surface area contributed by atoms with Crippen molar-refractivity contribution in [3.05, 3.63) is 0 Å². The lowest BCUT2D eigenvalue weighted by atomic mass is 9.94. The second-order valence-corrected chi connectivity index (χ2v) is 5.04. The lowest BCUT2D eigenvalue weighted by Crippen LogP contribution is -2.48. The Bertz CT molecular complexity index is 267. The summed E-state index contributed by atoms with van der Waals surface area (Å²) in [5.41, 5.74) is 0. The van der Waals surface area contributed by atoms with Crippen LogP contribution in [-0.2, 0) is 19.0 Å². The number of carbonyl (C=O) groups is 1. The molecule has 0 aromatic rings. The highest BCUT2D eigenvalue weighted by Crippen LogP contribution is 2.33. The number of hydrogen-bond acceptors (Lipinski definition) is 4. The minimum Gasteiger partial charge on any atom is -0.466 e. The molecule has 106 valence electrons. The number of carbonyl (C=O) groups excluding carboxylic acids is 1. The van der Waals surface area contributed by atoms with Crippen LogP contribution < -0.4 is 0 Å². The van der Waals surface area contributed by atoms with E-state index in [2.05, 4.69) is 13.8 Å². The van der Waals surface area contributed by atoms with Gasteiger partial charge in [-0.15, -0.1) is 0 Å². The van der Waals surface area contributed by atoms with Crippen LogP contribution in [0.25, 0.3) is 0 Å². The van der Waals surface area contributed by atoms with Gasteiger partial charge < -0.3 is 14.2 Å². The fourth-order valence-corrected chi connectivity index (χ4v) is 2.37. The maximum Gasteiger partial charge on any atom is 0.311 e. The zero-order valence-corrected chi connectivity index (χ0v) is 12.0. The minimum absolute atomic E-state index is 0.164. The van der Waals surface area contributed by atoms with Gasteiger partial charge in [0.15, 0.2) is 5.79 Å². The standard InChI is InChI=1S/C14H26O4/c1-5-8-12-11(6-2)10-17-14(4,18-12)9-13(15)16-7-3/h11-12H,5-10H2,1-4H3. The summed E-state index contributed by atoms with van der Waals surface area (Å²) in [5, 5.41) is 0. The summed E-state index contributed by atoms with van der Waals surface area (Å²) < 4.78 is 16.7. The number of esters is 1. The van der Waals surface area contributed by atoms with Gasteiger partial charge in [0.2, 0.25) is 0 Å². The molecule has 0 spiro atoms. The third-order valence-corrected chi connectivity index (χ3v) is 3.40. The Morgan fingerprint density at radius 1 is 1.39 bits per heavy atom. The van der Waals surface area contributed by atoms with Crippen molar-refractivity contribution < 1.29 is 19.0 Å². The van der Waals surface area contributed by atoms with Crippen molar-refractivity contribution in [3.63, 3.8) is 0 Å². The SMILES string of the molecule is CCCC1OC(C)(CC(=O)OCC)OCC1CC. The van der Waals surface area contributed by atoms with Gasteiger partial charge in [-0.05, 0) is 26.7 Å². The molecule has 4 nitrogen and oxygen atoms in total. The number of hydrogen-bond donors (Lipinski definition) is 0. The van der Waals surface area contributed by atoms with Crippen molar-refractivity contribution in [2.45, 2.75) is 65.3 Å². The van der Waals surface area contributed by atoms with Crippen molar-refractivity contribution in [3.8, 4) is 0 Å². The van der Waals surface area contributed by atoms with Crippen LogP contribution in [0.5, 0.6) is 0 Å². The van der Waals surface area contributed by atoms with E-state index in [0.29, 0.717) is 19.1 Å². The Morgan fingerprint density at radius 2 is 2.11 bits per heavy atom. The average Bonchev–Trinajstić information content (AvgIpc) is 2.29. The topological polar surface area (TPSA) is 44.8 Å². The molecule has 3 atom stereocenters. The van der Waals surface area contributed by atoms with E-state index >= 15 is 0 Å². The quantitative estimate of drug-likeness (QED) is 0.687. The van der Waals surface area contributed by atoms with E-state index in [-0.39, 0.29) is 18.5 Å². The summed E-state index contributed by atoms with van der Waals surface area (Å²) in [6.45, 7) is 8.98. The zero-order valence-electron chi connectivity index (χ0n) is 12.0. The molecule has 0 aromatic carbocycles. The Morgan fingerprint density at radius 3 is 2.67 bits per heavy atom. The van der Waals surface area contributed by atoms with Gasteiger partial charge in [-0.2, -0.15) is 0 Å². The molecule has 0 amide bonds. The molecule has 1 heterocycles. The average molecular weight is 258 g/mol. The first-order valence-corrected chi connectivity index (χ1v) is 7.02. The Hall–Kier alpha value is -0.610. The van der Waals surface area contributed by atoms with Gasteiger partial charge in [-0.1, -0.05) is 20.3 Å². The van der Waals surface area contributed by atoms with Gasteiger partial charge in [-0.25, -0.2) is 0 Å². The van der Waals surface area contributed by atoms with E-state index in [0.717, 1.165) is 19.3 Å². The van der Waals surface area contributed by atoms with E-state index in [4.69, 9.17) is 14.2 Å². The van der Waals surface area contributed by atoms with Crippen LogP contribution in [0.1, 0.15) is 53.4 Å². The highest BCUT2D eigenvalue weighted by molar-refractivity contribution is 5.70. The molecule has 18 heavy (non-hydrogen) atoms. The Balaban J connectivity index is 2.59. The molecule has 0 N–H and O–H groups in total. The van der Waals surface area contributed by atoms with E-state index in [1.54, 1.807) is 6.92 Å². The highest BCUT2D eigenvalue weighted by atomic mass is 16.7. The van der Waals surface area contributed by atoms with Gasteiger partial charge in [0.05, 0.1) is 25.7 Å². The molecule has 0 aromatic heterocycles. The summed E-state index contributed by atoms with van der Waals surface area (Å²) >= 11 is 0. The first-order chi connectivity index (χ1) is 8.54. The molecular formula is C14H26O4. The zero-order chi connectivity index (χ0) is 13.6. The Kier molecular flexibility index (Phi) is 6.09. The first kappa shape index (κ1) is 15.4. The predicted molar refractivity (Wildman–Crippen MR) is 69.2 cm³/mol. The van der Waals surface area contributed by atoms with Crippen LogP contribution in [0.4, 0.5) is 0 Å². The molecular weight excluding hydrogens is 232 g/mol. The summed E-state index contributed by atoms with van der Waals surface area (Å²) in [7, 11) is 0. The summed E-state index contributed by atoms with van der Waals surface area (Å²) in [6.07, 6.45) is 3.49. The van der Waals surface area contributed by atoms with Crippen LogP contribution >= 0.6 is 0 Å². The monoisotopic (exact) mass is 258 g/mol. The fraction of sp³-hybridized carbons (Fsp3) is 0.929. The predicted octanol–water partition coefficient (Wildman–Crippen LogP) is 2.90. The molecule has 1 rings (SSSR count). The maximum absolute atomic E-state index is 11.5. The molecule has 0 saturated carbocycles. The minimum atomic E-state index is -0.822. The van der Waals surface area contributed by atoms with E-state index in [9.17, 15) is 4.79 Å². The number of ether oxygens (including phenoxy) is 3. The van der Waals surface area contributed by atoms with Gasteiger partial charge >= 0.3 is 5.97 Å².